The molecule has 1 aromatic rings. The molecule has 0 spiro atoms. The molecule has 2 N–H and O–H groups in total. The van der Waals surface area contributed by atoms with Gasteiger partial charge >= 0.3 is 0 Å². The summed E-state index contributed by atoms with van der Waals surface area (Å²) >= 11 is 0. The van der Waals surface area contributed by atoms with Crippen LogP contribution in [0.5, 0.6) is 0 Å². The number of nitrogens with one attached hydrogen (secondary N) is 1. The van der Waals surface area contributed by atoms with E-state index in [2.05, 4.69) is 5.32 Å². The molecule has 0 saturated carbocycles. The van der Waals surface area contributed by atoms with Gasteiger partial charge in [0.2, 0.25) is 0 Å². The highest BCUT2D eigenvalue weighted by atomic mass is 32.2. The molecule has 0 fully saturated rings. The van der Waals surface area contributed by atoms with Crippen LogP contribution in [0.1, 0.15) is 38.8 Å². The van der Waals surface area contributed by atoms with E-state index in [9.17, 15) is 12.8 Å². The highest BCUT2D eigenvalue weighted by Gasteiger charge is 2.19. The van der Waals surface area contributed by atoms with Gasteiger partial charge in [-0.25, -0.2) is 12.8 Å². The van der Waals surface area contributed by atoms with E-state index in [1.807, 2.05) is 20.8 Å². The predicted octanol–water partition coefficient (Wildman–Crippen LogP) is 2.29. The maximum absolute atomic E-state index is 13.9. The molecule has 1 rings (SSSR count). The van der Waals surface area contributed by atoms with Gasteiger partial charge in [0, 0.05) is 24.9 Å². The molecule has 0 heterocycles. The zero-order valence-corrected chi connectivity index (χ0v) is 13.7. The number of sulfone groups is 1. The van der Waals surface area contributed by atoms with Gasteiger partial charge in [0.05, 0.1) is 0 Å². The highest BCUT2D eigenvalue weighted by Crippen LogP contribution is 2.21. The number of rotatable bonds is 7. The van der Waals surface area contributed by atoms with Crippen LogP contribution in [0.2, 0.25) is 0 Å². The van der Waals surface area contributed by atoms with Crippen molar-refractivity contribution in [1.82, 2.24) is 5.32 Å². The van der Waals surface area contributed by atoms with Crippen molar-refractivity contribution in [3.63, 3.8) is 0 Å². The summed E-state index contributed by atoms with van der Waals surface area (Å²) in [5.74, 6) is -0.397. The van der Waals surface area contributed by atoms with E-state index >= 15 is 0 Å². The first-order chi connectivity index (χ1) is 9.66. The molecule has 2 unspecified atom stereocenters. The second kappa shape index (κ2) is 7.33. The maximum Gasteiger partial charge on any atom is 0.178 e. The molecule has 2 atom stereocenters. The van der Waals surface area contributed by atoms with Crippen LogP contribution in [0.15, 0.2) is 23.1 Å². The van der Waals surface area contributed by atoms with Crippen LogP contribution < -0.4 is 5.32 Å². The van der Waals surface area contributed by atoms with Gasteiger partial charge in [-0.3, -0.25) is 0 Å². The van der Waals surface area contributed by atoms with Crippen LogP contribution in [0.25, 0.3) is 0 Å². The average molecular weight is 317 g/mol. The highest BCUT2D eigenvalue weighted by molar-refractivity contribution is 7.90. The Hall–Kier alpha value is -0.980. The molecule has 4 nitrogen and oxygen atoms in total. The van der Waals surface area contributed by atoms with E-state index in [1.165, 1.54) is 12.1 Å². The minimum atomic E-state index is -3.55. The molecule has 0 aliphatic carbocycles. The number of hydrogen-bond acceptors (Lipinski definition) is 4. The third-order valence-corrected chi connectivity index (χ3v) is 4.69. The Balaban J connectivity index is 2.93. The second-order valence-corrected chi connectivity index (χ2v) is 7.70. The normalized spacial score (nSPS) is 15.2. The Labute approximate surface area is 126 Å². The first-order valence-corrected chi connectivity index (χ1v) is 8.92. The van der Waals surface area contributed by atoms with Gasteiger partial charge in [-0.1, -0.05) is 19.9 Å². The van der Waals surface area contributed by atoms with Crippen LogP contribution in [0.4, 0.5) is 4.39 Å². The van der Waals surface area contributed by atoms with E-state index < -0.39 is 15.7 Å². The van der Waals surface area contributed by atoms with Crippen LogP contribution in [0, 0.1) is 11.7 Å². The predicted molar refractivity (Wildman–Crippen MR) is 81.4 cm³/mol. The molecule has 1 aromatic carbocycles. The van der Waals surface area contributed by atoms with Crippen LogP contribution in [-0.2, 0) is 9.84 Å². The Kier molecular flexibility index (Phi) is 6.31. The van der Waals surface area contributed by atoms with Crippen LogP contribution in [0.3, 0.4) is 0 Å². The van der Waals surface area contributed by atoms with Crippen molar-refractivity contribution in [2.75, 3.05) is 12.9 Å². The molecule has 0 aromatic heterocycles. The maximum atomic E-state index is 13.9. The van der Waals surface area contributed by atoms with Gasteiger partial charge in [-0.05, 0) is 37.0 Å². The van der Waals surface area contributed by atoms with Crippen molar-refractivity contribution in [3.8, 4) is 0 Å². The van der Waals surface area contributed by atoms with Crippen LogP contribution in [-0.4, -0.2) is 32.4 Å². The van der Waals surface area contributed by atoms with Crippen molar-refractivity contribution in [3.05, 3.63) is 29.6 Å². The summed E-state index contributed by atoms with van der Waals surface area (Å²) in [6, 6.07) is 4.15. The number of benzene rings is 1. The van der Waals surface area contributed by atoms with Crippen molar-refractivity contribution >= 4 is 9.84 Å². The third-order valence-electron chi connectivity index (χ3n) is 3.56. The smallest absolute Gasteiger partial charge is 0.178 e. The Morgan fingerprint density at radius 2 is 1.90 bits per heavy atom. The molecule has 0 saturated heterocycles. The summed E-state index contributed by atoms with van der Waals surface area (Å²) in [5.41, 5.74) is 0.684. The SMILES string of the molecule is CC(NC(CCO)C(C)C)c1ccc(S(C)(=O)=O)c(F)c1. The summed E-state index contributed by atoms with van der Waals surface area (Å²) in [7, 11) is -3.55. The molecule has 0 aliphatic heterocycles. The lowest BCUT2D eigenvalue weighted by atomic mass is 9.98. The van der Waals surface area contributed by atoms with Crippen molar-refractivity contribution < 1.29 is 17.9 Å². The monoisotopic (exact) mass is 317 g/mol. The van der Waals surface area contributed by atoms with Crippen LogP contribution >= 0.6 is 0 Å². The average Bonchev–Trinajstić information content (AvgIpc) is 2.36. The summed E-state index contributed by atoms with van der Waals surface area (Å²) in [6.07, 6.45) is 1.61. The fourth-order valence-corrected chi connectivity index (χ4v) is 2.98. The van der Waals surface area contributed by atoms with Gasteiger partial charge in [0.1, 0.15) is 10.7 Å². The lowest BCUT2D eigenvalue weighted by molar-refractivity contribution is 0.237. The fraction of sp³-hybridized carbons (Fsp3) is 0.600. The molecule has 0 bridgehead atoms. The second-order valence-electron chi connectivity index (χ2n) is 5.71. The van der Waals surface area contributed by atoms with Gasteiger partial charge in [0.15, 0.2) is 9.84 Å². The topological polar surface area (TPSA) is 66.4 Å². The van der Waals surface area contributed by atoms with Gasteiger partial charge in [-0.15, -0.1) is 0 Å². The van der Waals surface area contributed by atoms with Crippen molar-refractivity contribution in [2.45, 2.75) is 44.2 Å². The van der Waals surface area contributed by atoms with E-state index in [4.69, 9.17) is 5.11 Å². The van der Waals surface area contributed by atoms with Gasteiger partial charge in [-0.2, -0.15) is 0 Å². The van der Waals surface area contributed by atoms with Gasteiger partial charge in [0.25, 0.3) is 0 Å². The summed E-state index contributed by atoms with van der Waals surface area (Å²) in [4.78, 5) is -0.283. The van der Waals surface area contributed by atoms with Crippen molar-refractivity contribution in [1.29, 1.82) is 0 Å². The zero-order chi connectivity index (χ0) is 16.2. The van der Waals surface area contributed by atoms with E-state index in [-0.39, 0.29) is 23.6 Å². The molecule has 0 radical (unpaired) electrons. The molecule has 6 heteroatoms. The van der Waals surface area contributed by atoms with E-state index in [0.717, 1.165) is 6.26 Å². The molecule has 0 aliphatic rings. The zero-order valence-electron chi connectivity index (χ0n) is 12.9. The van der Waals surface area contributed by atoms with E-state index in [0.29, 0.717) is 17.9 Å². The summed E-state index contributed by atoms with van der Waals surface area (Å²) in [6.45, 7) is 6.08. The summed E-state index contributed by atoms with van der Waals surface area (Å²) in [5, 5.41) is 12.4. The van der Waals surface area contributed by atoms with E-state index in [1.54, 1.807) is 6.07 Å². The Morgan fingerprint density at radius 3 is 2.33 bits per heavy atom. The minimum absolute atomic E-state index is 0.0872. The number of aliphatic hydroxyl groups is 1. The molecular formula is C15H24FNO3S. The standard InChI is InChI=1S/C15H24FNO3S/c1-10(2)14(7-8-18)17-11(3)12-5-6-15(13(16)9-12)21(4,19)20/h5-6,9-11,14,17-18H,7-8H2,1-4H3. The molecule has 0 amide bonds. The Morgan fingerprint density at radius 1 is 1.29 bits per heavy atom. The quantitative estimate of drug-likeness (QED) is 0.810. The molecule has 120 valence electrons. The number of aliphatic hydroxyl groups excluding tert-OH is 1. The first kappa shape index (κ1) is 18.1. The Bertz CT molecular complexity index is 572. The molecular weight excluding hydrogens is 293 g/mol. The van der Waals surface area contributed by atoms with Gasteiger partial charge < -0.3 is 10.4 Å². The lowest BCUT2D eigenvalue weighted by Crippen LogP contribution is -2.36. The number of hydrogen-bond donors (Lipinski definition) is 2. The molecule has 21 heavy (non-hydrogen) atoms. The number of halogens is 1. The lowest BCUT2D eigenvalue weighted by Gasteiger charge is -2.26. The third kappa shape index (κ3) is 5.05. The fourth-order valence-electron chi connectivity index (χ4n) is 2.25. The minimum Gasteiger partial charge on any atom is -0.396 e. The largest absolute Gasteiger partial charge is 0.396 e. The van der Waals surface area contributed by atoms with Crippen molar-refractivity contribution in [2.24, 2.45) is 5.92 Å². The first-order valence-electron chi connectivity index (χ1n) is 7.03. The summed E-state index contributed by atoms with van der Waals surface area (Å²) < 4.78 is 36.7.